The normalized spacial score (nSPS) is 26.2. The molecule has 2 atom stereocenters. The minimum atomic E-state index is 0.00685. The number of hydrogen-bond donors (Lipinski definition) is 1. The summed E-state index contributed by atoms with van der Waals surface area (Å²) in [6.07, 6.45) is 5.68. The van der Waals surface area contributed by atoms with Crippen LogP contribution in [0.3, 0.4) is 0 Å². The summed E-state index contributed by atoms with van der Waals surface area (Å²) in [5.41, 5.74) is 7.09. The van der Waals surface area contributed by atoms with Gasteiger partial charge in [0, 0.05) is 12.3 Å². The summed E-state index contributed by atoms with van der Waals surface area (Å²) in [6.45, 7) is 0. The Balaban J connectivity index is 2.27. The van der Waals surface area contributed by atoms with Crippen LogP contribution in [0, 0.1) is 0 Å². The van der Waals surface area contributed by atoms with Crippen molar-refractivity contribution < 1.29 is 0 Å². The van der Waals surface area contributed by atoms with E-state index in [1.54, 1.807) is 6.21 Å². The Morgan fingerprint density at radius 1 is 1.15 bits per heavy atom. The lowest BCUT2D eigenvalue weighted by atomic mass is 9.99. The first-order valence-electron chi connectivity index (χ1n) is 4.38. The first-order valence-corrected chi connectivity index (χ1v) is 4.38. The van der Waals surface area contributed by atoms with Crippen LogP contribution in [0.15, 0.2) is 47.5 Å². The van der Waals surface area contributed by atoms with Crippen LogP contribution in [0.5, 0.6) is 0 Å². The Morgan fingerprint density at radius 3 is 2.62 bits per heavy atom. The van der Waals surface area contributed by atoms with Crippen LogP contribution in [-0.4, -0.2) is 12.3 Å². The Hall–Kier alpha value is -1.41. The van der Waals surface area contributed by atoms with E-state index in [4.69, 9.17) is 5.73 Å². The zero-order chi connectivity index (χ0) is 9.10. The van der Waals surface area contributed by atoms with Crippen molar-refractivity contribution in [1.29, 1.82) is 0 Å². The molecule has 0 saturated heterocycles. The largest absolute Gasteiger partial charge is 0.322 e. The van der Waals surface area contributed by atoms with Crippen LogP contribution >= 0.6 is 0 Å². The monoisotopic (exact) mass is 172 g/mol. The molecule has 2 rings (SSSR count). The third-order valence-corrected chi connectivity index (χ3v) is 2.17. The summed E-state index contributed by atoms with van der Waals surface area (Å²) in [7, 11) is 0. The second-order valence-corrected chi connectivity index (χ2v) is 3.12. The zero-order valence-corrected chi connectivity index (χ0v) is 7.30. The molecule has 0 aromatic heterocycles. The van der Waals surface area contributed by atoms with Gasteiger partial charge in [-0.1, -0.05) is 36.4 Å². The minimum absolute atomic E-state index is 0.00685. The molecule has 1 heterocycles. The number of aliphatic imine (C=N–C) groups is 1. The molecule has 2 heteroatoms. The Morgan fingerprint density at radius 2 is 1.92 bits per heavy atom. The smallest absolute Gasteiger partial charge is 0.0935 e. The highest BCUT2D eigenvalue weighted by molar-refractivity contribution is 5.72. The summed E-state index contributed by atoms with van der Waals surface area (Å²) in [5.74, 6) is 0. The van der Waals surface area contributed by atoms with Crippen molar-refractivity contribution in [2.45, 2.75) is 12.1 Å². The van der Waals surface area contributed by atoms with Crippen LogP contribution in [0.4, 0.5) is 0 Å². The maximum Gasteiger partial charge on any atom is 0.0935 e. The van der Waals surface area contributed by atoms with Crippen LogP contribution in [0.2, 0.25) is 0 Å². The van der Waals surface area contributed by atoms with Crippen LogP contribution in [-0.2, 0) is 0 Å². The van der Waals surface area contributed by atoms with E-state index in [0.717, 1.165) is 0 Å². The summed E-state index contributed by atoms with van der Waals surface area (Å²) in [5, 5.41) is 0. The van der Waals surface area contributed by atoms with E-state index in [1.807, 2.05) is 30.4 Å². The van der Waals surface area contributed by atoms with Gasteiger partial charge in [0.2, 0.25) is 0 Å². The quantitative estimate of drug-likeness (QED) is 0.688. The van der Waals surface area contributed by atoms with Crippen molar-refractivity contribution in [1.82, 2.24) is 0 Å². The molecule has 1 aliphatic heterocycles. The SMILES string of the molecule is NC1C=CC=NC1c1ccccc1. The van der Waals surface area contributed by atoms with Crippen molar-refractivity contribution in [3.8, 4) is 0 Å². The molecule has 2 N–H and O–H groups in total. The Bertz CT molecular complexity index is 327. The predicted octanol–water partition coefficient (Wildman–Crippen LogP) is 1.70. The molecule has 66 valence electrons. The molecule has 13 heavy (non-hydrogen) atoms. The standard InChI is InChI=1S/C11H12N2/c12-10-7-4-8-13-11(10)9-5-2-1-3-6-9/h1-8,10-11H,12H2. The molecule has 0 fully saturated rings. The van der Waals surface area contributed by atoms with Crippen LogP contribution in [0.1, 0.15) is 11.6 Å². The number of rotatable bonds is 1. The molecule has 0 bridgehead atoms. The lowest BCUT2D eigenvalue weighted by Crippen LogP contribution is -2.26. The summed E-state index contributed by atoms with van der Waals surface area (Å²) >= 11 is 0. The highest BCUT2D eigenvalue weighted by Crippen LogP contribution is 2.22. The first kappa shape index (κ1) is 8.20. The van der Waals surface area contributed by atoms with Gasteiger partial charge < -0.3 is 5.73 Å². The summed E-state index contributed by atoms with van der Waals surface area (Å²) in [4.78, 5) is 4.34. The van der Waals surface area contributed by atoms with Gasteiger partial charge in [-0.25, -0.2) is 0 Å². The van der Waals surface area contributed by atoms with Crippen LogP contribution in [0.25, 0.3) is 0 Å². The fraction of sp³-hybridized carbons (Fsp3) is 0.182. The molecule has 0 saturated carbocycles. The summed E-state index contributed by atoms with van der Waals surface area (Å²) < 4.78 is 0. The van der Waals surface area contributed by atoms with Gasteiger partial charge in [-0.3, -0.25) is 4.99 Å². The third kappa shape index (κ3) is 1.68. The summed E-state index contributed by atoms with van der Waals surface area (Å²) in [6, 6.07) is 10.2. The fourth-order valence-electron chi connectivity index (χ4n) is 1.48. The predicted molar refractivity (Wildman–Crippen MR) is 54.8 cm³/mol. The zero-order valence-electron chi connectivity index (χ0n) is 7.30. The maximum atomic E-state index is 5.91. The number of allylic oxidation sites excluding steroid dienone is 1. The number of hydrogen-bond acceptors (Lipinski definition) is 2. The van der Waals surface area contributed by atoms with E-state index < -0.39 is 0 Å². The maximum absolute atomic E-state index is 5.91. The lowest BCUT2D eigenvalue weighted by molar-refractivity contribution is 0.635. The molecular weight excluding hydrogens is 160 g/mol. The molecule has 0 amide bonds. The molecule has 1 aromatic carbocycles. The Kier molecular flexibility index (Phi) is 2.23. The molecule has 0 aliphatic carbocycles. The molecule has 2 unspecified atom stereocenters. The second-order valence-electron chi connectivity index (χ2n) is 3.12. The van der Waals surface area contributed by atoms with Crippen molar-refractivity contribution >= 4 is 6.21 Å². The molecule has 1 aliphatic rings. The van der Waals surface area contributed by atoms with Gasteiger partial charge in [0.05, 0.1) is 6.04 Å². The van der Waals surface area contributed by atoms with Gasteiger partial charge in [-0.2, -0.15) is 0 Å². The van der Waals surface area contributed by atoms with Gasteiger partial charge >= 0.3 is 0 Å². The lowest BCUT2D eigenvalue weighted by Gasteiger charge is -2.19. The van der Waals surface area contributed by atoms with E-state index in [2.05, 4.69) is 17.1 Å². The molecule has 0 spiro atoms. The Labute approximate surface area is 77.8 Å². The number of nitrogens with zero attached hydrogens (tertiary/aromatic N) is 1. The van der Waals surface area contributed by atoms with Gasteiger partial charge in [0.25, 0.3) is 0 Å². The molecule has 0 radical (unpaired) electrons. The van der Waals surface area contributed by atoms with E-state index in [1.165, 1.54) is 5.56 Å². The average molecular weight is 172 g/mol. The first-order chi connectivity index (χ1) is 6.38. The number of dihydropyridines is 1. The van der Waals surface area contributed by atoms with Gasteiger partial charge in [0.15, 0.2) is 0 Å². The second kappa shape index (κ2) is 3.54. The number of nitrogens with two attached hydrogens (primary N) is 1. The molecule has 2 nitrogen and oxygen atoms in total. The topological polar surface area (TPSA) is 38.4 Å². The molecule has 1 aromatic rings. The van der Waals surface area contributed by atoms with E-state index in [9.17, 15) is 0 Å². The van der Waals surface area contributed by atoms with Crippen molar-refractivity contribution in [3.63, 3.8) is 0 Å². The third-order valence-electron chi connectivity index (χ3n) is 2.17. The molecular formula is C11H12N2. The van der Waals surface area contributed by atoms with Crippen molar-refractivity contribution in [2.75, 3.05) is 0 Å². The minimum Gasteiger partial charge on any atom is -0.322 e. The van der Waals surface area contributed by atoms with Gasteiger partial charge in [-0.15, -0.1) is 0 Å². The number of benzene rings is 1. The van der Waals surface area contributed by atoms with Crippen molar-refractivity contribution in [3.05, 3.63) is 48.0 Å². The highest BCUT2D eigenvalue weighted by Gasteiger charge is 2.16. The van der Waals surface area contributed by atoms with Gasteiger partial charge in [-0.05, 0) is 11.6 Å². The van der Waals surface area contributed by atoms with E-state index in [-0.39, 0.29) is 12.1 Å². The van der Waals surface area contributed by atoms with Gasteiger partial charge in [0.1, 0.15) is 0 Å². The fourth-order valence-corrected chi connectivity index (χ4v) is 1.48. The van der Waals surface area contributed by atoms with Crippen molar-refractivity contribution in [2.24, 2.45) is 10.7 Å². The van der Waals surface area contributed by atoms with E-state index >= 15 is 0 Å². The highest BCUT2D eigenvalue weighted by atomic mass is 14.9. The van der Waals surface area contributed by atoms with E-state index in [0.29, 0.717) is 0 Å². The average Bonchev–Trinajstić information content (AvgIpc) is 2.20. The van der Waals surface area contributed by atoms with Crippen LogP contribution < -0.4 is 5.73 Å².